The van der Waals surface area contributed by atoms with E-state index in [1.54, 1.807) is 11.0 Å². The van der Waals surface area contributed by atoms with Crippen molar-refractivity contribution in [2.45, 2.75) is 40.8 Å². The lowest BCUT2D eigenvalue weighted by atomic mass is 9.91. The zero-order valence-electron chi connectivity index (χ0n) is 25.0. The molecular weight excluding hydrogens is 542 g/mol. The minimum absolute atomic E-state index is 0.268. The highest BCUT2D eigenvalue weighted by molar-refractivity contribution is 5.89. The molecule has 1 amide bonds. The predicted octanol–water partition coefficient (Wildman–Crippen LogP) is 6.55. The van der Waals surface area contributed by atoms with Gasteiger partial charge in [-0.3, -0.25) is 9.59 Å². The fourth-order valence-electron chi connectivity index (χ4n) is 5.12. The summed E-state index contributed by atoms with van der Waals surface area (Å²) in [4.78, 5) is 35.5. The molecule has 0 fully saturated rings. The second-order valence-electron chi connectivity index (χ2n) is 10.5. The number of hydrogen-bond acceptors (Lipinski definition) is 8. The van der Waals surface area contributed by atoms with Crippen LogP contribution in [0.3, 0.4) is 0 Å². The van der Waals surface area contributed by atoms with Crippen molar-refractivity contribution in [3.05, 3.63) is 82.2 Å². The molecule has 1 aliphatic rings. The number of benzene rings is 3. The minimum atomic E-state index is 0.268. The number of hydrogen-bond donors (Lipinski definition) is 0. The van der Waals surface area contributed by atoms with E-state index in [1.165, 1.54) is 6.07 Å². The number of oxazole rings is 2. The van der Waals surface area contributed by atoms with Crippen molar-refractivity contribution >= 4 is 23.8 Å². The number of aromatic nitrogens is 2. The number of nitriles is 1. The first-order valence-corrected chi connectivity index (χ1v) is 14.2. The summed E-state index contributed by atoms with van der Waals surface area (Å²) in [6.45, 7) is 11.6. The maximum absolute atomic E-state index is 11.3. The van der Waals surface area contributed by atoms with Gasteiger partial charge in [0.15, 0.2) is 5.58 Å². The van der Waals surface area contributed by atoms with Gasteiger partial charge in [0, 0.05) is 16.7 Å². The molecule has 2 aromatic heterocycles. The largest absolute Gasteiger partial charge is 0.439 e. The molecule has 9 nitrogen and oxygen atoms in total. The quantitative estimate of drug-likeness (QED) is 0.201. The Morgan fingerprint density at radius 2 is 1.51 bits per heavy atom. The zero-order chi connectivity index (χ0) is 30.7. The molecule has 0 radical (unpaired) electrons. The third-order valence-electron chi connectivity index (χ3n) is 7.89. The van der Waals surface area contributed by atoms with E-state index in [0.29, 0.717) is 47.8 Å². The Balaban J connectivity index is 0.000000559. The number of carbonyl (C=O) groups excluding carboxylic acids is 2. The Morgan fingerprint density at radius 1 is 0.907 bits per heavy atom. The lowest BCUT2D eigenvalue weighted by Crippen LogP contribution is -2.15. The first-order chi connectivity index (χ1) is 20.8. The molecule has 0 N–H and O–H groups in total. The first-order valence-electron chi connectivity index (χ1n) is 14.2. The molecule has 43 heavy (non-hydrogen) atoms. The normalized spacial score (nSPS) is 12.2. The maximum Gasteiger partial charge on any atom is 0.227 e. The molecule has 9 heteroatoms. The molecule has 0 saturated heterocycles. The van der Waals surface area contributed by atoms with E-state index in [1.807, 2.05) is 50.2 Å². The minimum Gasteiger partial charge on any atom is -0.439 e. The molecule has 5 aromatic rings. The fourth-order valence-corrected chi connectivity index (χ4v) is 5.12. The van der Waals surface area contributed by atoms with Gasteiger partial charge in [-0.25, -0.2) is 9.97 Å². The highest BCUT2D eigenvalue weighted by atomic mass is 16.4. The molecule has 0 atom stereocenters. The standard InChI is InChI=1S/C29H20N4O4.C5H13N/c1-16-20(5-3-7-22(16)28-32-25-12-33(15-35)13-26(25)36-28)21-6-4-8-23(17(21)2)29-31-24-10-18(14-34)9-19(11-30)27(24)37-29;1-4-6(3)5-2/h3-10,14-15H,12-13H2,1-2H3;4-5H2,1-3H3. The van der Waals surface area contributed by atoms with Crippen LogP contribution in [-0.4, -0.2) is 52.6 Å². The Bertz CT molecular complexity index is 1840. The molecule has 6 rings (SSSR count). The molecule has 0 spiro atoms. The average molecular weight is 576 g/mol. The Kier molecular flexibility index (Phi) is 8.51. The van der Waals surface area contributed by atoms with E-state index in [4.69, 9.17) is 8.83 Å². The molecule has 0 aliphatic carbocycles. The van der Waals surface area contributed by atoms with Gasteiger partial charge in [0.05, 0.1) is 18.7 Å². The number of amides is 1. The van der Waals surface area contributed by atoms with Crippen molar-refractivity contribution in [3.63, 3.8) is 0 Å². The predicted molar refractivity (Wildman–Crippen MR) is 164 cm³/mol. The Morgan fingerprint density at radius 3 is 2.02 bits per heavy atom. The summed E-state index contributed by atoms with van der Waals surface area (Å²) in [7, 11) is 2.11. The van der Waals surface area contributed by atoms with Gasteiger partial charge in [-0.1, -0.05) is 38.1 Å². The number of fused-ring (bicyclic) bond motifs is 2. The third-order valence-corrected chi connectivity index (χ3v) is 7.89. The molecular formula is C34H33N5O4. The van der Waals surface area contributed by atoms with Crippen LogP contribution in [0.25, 0.3) is 45.1 Å². The van der Waals surface area contributed by atoms with Crippen LogP contribution in [0.5, 0.6) is 0 Å². The molecule has 218 valence electrons. The lowest BCUT2D eigenvalue weighted by Gasteiger charge is -2.14. The average Bonchev–Trinajstić information content (AvgIpc) is 3.74. The van der Waals surface area contributed by atoms with Gasteiger partial charge in [-0.2, -0.15) is 5.26 Å². The van der Waals surface area contributed by atoms with Crippen molar-refractivity contribution in [3.8, 4) is 40.1 Å². The Labute approximate surface area is 250 Å². The van der Waals surface area contributed by atoms with Gasteiger partial charge >= 0.3 is 0 Å². The second-order valence-corrected chi connectivity index (χ2v) is 10.5. The van der Waals surface area contributed by atoms with E-state index in [9.17, 15) is 14.9 Å². The van der Waals surface area contributed by atoms with Crippen molar-refractivity contribution < 1.29 is 18.4 Å². The van der Waals surface area contributed by atoms with Crippen molar-refractivity contribution in [1.82, 2.24) is 19.8 Å². The van der Waals surface area contributed by atoms with Crippen molar-refractivity contribution in [1.29, 1.82) is 5.26 Å². The number of nitrogens with zero attached hydrogens (tertiary/aromatic N) is 5. The molecule has 3 heterocycles. The number of carbonyl (C=O) groups is 2. The van der Waals surface area contributed by atoms with Gasteiger partial charge in [0.25, 0.3) is 0 Å². The monoisotopic (exact) mass is 575 g/mol. The summed E-state index contributed by atoms with van der Waals surface area (Å²) >= 11 is 0. The molecule has 0 saturated carbocycles. The van der Waals surface area contributed by atoms with Gasteiger partial charge in [0.2, 0.25) is 18.2 Å². The summed E-state index contributed by atoms with van der Waals surface area (Å²) < 4.78 is 12.0. The van der Waals surface area contributed by atoms with Crippen LogP contribution in [0, 0.1) is 25.2 Å². The molecule has 0 unspecified atom stereocenters. The van der Waals surface area contributed by atoms with E-state index in [0.717, 1.165) is 64.3 Å². The lowest BCUT2D eigenvalue weighted by molar-refractivity contribution is -0.118. The van der Waals surface area contributed by atoms with Gasteiger partial charge in [0.1, 0.15) is 29.3 Å². The second kappa shape index (κ2) is 12.4. The summed E-state index contributed by atoms with van der Waals surface area (Å²) in [6.07, 6.45) is 1.49. The van der Waals surface area contributed by atoms with E-state index >= 15 is 0 Å². The van der Waals surface area contributed by atoms with Crippen LogP contribution in [0.1, 0.15) is 52.3 Å². The Hall–Kier alpha value is -5.07. The van der Waals surface area contributed by atoms with E-state index in [2.05, 4.69) is 41.8 Å². The maximum atomic E-state index is 11.3. The molecule has 3 aromatic carbocycles. The smallest absolute Gasteiger partial charge is 0.227 e. The van der Waals surface area contributed by atoms with Gasteiger partial charge in [-0.15, -0.1) is 0 Å². The highest BCUT2D eigenvalue weighted by Gasteiger charge is 2.26. The van der Waals surface area contributed by atoms with Crippen molar-refractivity contribution in [2.24, 2.45) is 0 Å². The zero-order valence-corrected chi connectivity index (χ0v) is 25.0. The first kappa shape index (κ1) is 29.4. The summed E-state index contributed by atoms with van der Waals surface area (Å²) in [6, 6.07) is 17.1. The topological polar surface area (TPSA) is 116 Å². The third kappa shape index (κ3) is 5.70. The van der Waals surface area contributed by atoms with E-state index < -0.39 is 0 Å². The van der Waals surface area contributed by atoms with Crippen LogP contribution >= 0.6 is 0 Å². The molecule has 1 aliphatic heterocycles. The molecule has 0 bridgehead atoms. The van der Waals surface area contributed by atoms with Crippen LogP contribution in [-0.2, 0) is 17.9 Å². The summed E-state index contributed by atoms with van der Waals surface area (Å²) in [5, 5.41) is 9.51. The van der Waals surface area contributed by atoms with Crippen LogP contribution in [0.4, 0.5) is 0 Å². The van der Waals surface area contributed by atoms with Crippen LogP contribution < -0.4 is 0 Å². The SMILES string of the molecule is CCN(C)CC.Cc1c(-c2nc3c(o2)CN(C=O)C3)cccc1-c1cccc(-c2nc3cc(C=O)cc(C#N)c3o2)c1C. The number of aldehydes is 1. The number of rotatable bonds is 7. The van der Waals surface area contributed by atoms with Crippen LogP contribution in [0.15, 0.2) is 57.4 Å². The van der Waals surface area contributed by atoms with Gasteiger partial charge in [-0.05, 0) is 80.5 Å². The fraction of sp³-hybridized carbons (Fsp3) is 0.265. The summed E-state index contributed by atoms with van der Waals surface area (Å²) in [5.74, 6) is 1.64. The van der Waals surface area contributed by atoms with Gasteiger partial charge < -0.3 is 18.6 Å². The van der Waals surface area contributed by atoms with Crippen molar-refractivity contribution in [2.75, 3.05) is 20.1 Å². The van der Waals surface area contributed by atoms with Crippen LogP contribution in [0.2, 0.25) is 0 Å². The summed E-state index contributed by atoms with van der Waals surface area (Å²) in [5.41, 5.74) is 7.91. The highest BCUT2D eigenvalue weighted by Crippen LogP contribution is 2.38. The van der Waals surface area contributed by atoms with E-state index in [-0.39, 0.29) is 5.56 Å².